The van der Waals surface area contributed by atoms with Crippen LogP contribution in [0, 0.1) is 0 Å². The van der Waals surface area contributed by atoms with Gasteiger partial charge in [0.05, 0.1) is 42.1 Å². The summed E-state index contributed by atoms with van der Waals surface area (Å²) in [5.41, 5.74) is 2.88. The van der Waals surface area contributed by atoms with Crippen LogP contribution in [-0.2, 0) is 6.54 Å². The van der Waals surface area contributed by atoms with E-state index < -0.39 is 0 Å². The van der Waals surface area contributed by atoms with Crippen LogP contribution in [0.4, 0.5) is 0 Å². The van der Waals surface area contributed by atoms with Crippen LogP contribution in [-0.4, -0.2) is 42.0 Å². The second-order valence-electron chi connectivity index (χ2n) is 7.68. The SMILES string of the molecule is O=C(c1cc(C2CC2)nc2ccccc12)N1CC[NH+](Cc2cccs2)CC1. The number of amides is 1. The van der Waals surface area contributed by atoms with E-state index in [9.17, 15) is 4.79 Å². The first-order valence-electron chi connectivity index (χ1n) is 9.83. The minimum absolute atomic E-state index is 0.172. The first-order valence-corrected chi connectivity index (χ1v) is 10.7. The summed E-state index contributed by atoms with van der Waals surface area (Å²) < 4.78 is 0. The van der Waals surface area contributed by atoms with Gasteiger partial charge in [0.15, 0.2) is 0 Å². The van der Waals surface area contributed by atoms with Crippen molar-refractivity contribution >= 4 is 28.1 Å². The van der Waals surface area contributed by atoms with Crippen molar-refractivity contribution in [2.75, 3.05) is 26.2 Å². The van der Waals surface area contributed by atoms with E-state index >= 15 is 0 Å². The third-order valence-corrected chi connectivity index (χ3v) is 6.60. The lowest BCUT2D eigenvalue weighted by Gasteiger charge is -2.32. The Morgan fingerprint density at radius 3 is 2.70 bits per heavy atom. The molecule has 0 bridgehead atoms. The maximum absolute atomic E-state index is 13.3. The number of hydrogen-bond donors (Lipinski definition) is 1. The summed E-state index contributed by atoms with van der Waals surface area (Å²) >= 11 is 1.82. The minimum Gasteiger partial charge on any atom is -0.328 e. The molecule has 1 aliphatic carbocycles. The molecule has 5 rings (SSSR count). The molecular weight excluding hydrogens is 354 g/mol. The number of rotatable bonds is 4. The predicted molar refractivity (Wildman–Crippen MR) is 108 cm³/mol. The van der Waals surface area contributed by atoms with Gasteiger partial charge < -0.3 is 9.80 Å². The number of carbonyl (C=O) groups excluding carboxylic acids is 1. The summed E-state index contributed by atoms with van der Waals surface area (Å²) in [5, 5.41) is 3.13. The number of aromatic nitrogens is 1. The zero-order chi connectivity index (χ0) is 18.2. The fourth-order valence-electron chi connectivity index (χ4n) is 3.99. The molecule has 0 atom stereocenters. The van der Waals surface area contributed by atoms with E-state index in [0.29, 0.717) is 5.92 Å². The van der Waals surface area contributed by atoms with Crippen molar-refractivity contribution < 1.29 is 9.69 Å². The molecule has 1 N–H and O–H groups in total. The minimum atomic E-state index is 0.172. The van der Waals surface area contributed by atoms with Gasteiger partial charge in [-0.3, -0.25) is 9.78 Å². The van der Waals surface area contributed by atoms with Gasteiger partial charge in [-0.1, -0.05) is 24.3 Å². The second kappa shape index (κ2) is 7.06. The highest BCUT2D eigenvalue weighted by Crippen LogP contribution is 2.40. The first-order chi connectivity index (χ1) is 13.3. The molecule has 5 heteroatoms. The van der Waals surface area contributed by atoms with Crippen LogP contribution >= 0.6 is 11.3 Å². The highest BCUT2D eigenvalue weighted by atomic mass is 32.1. The molecule has 4 nitrogen and oxygen atoms in total. The molecule has 2 aromatic heterocycles. The molecular formula is C22H24N3OS+. The van der Waals surface area contributed by atoms with Gasteiger partial charge in [-0.05, 0) is 36.4 Å². The van der Waals surface area contributed by atoms with Crippen LogP contribution in [0.15, 0.2) is 47.8 Å². The molecule has 138 valence electrons. The number of pyridine rings is 1. The Morgan fingerprint density at radius 2 is 1.96 bits per heavy atom. The number of benzene rings is 1. The van der Waals surface area contributed by atoms with Crippen molar-refractivity contribution in [3.05, 3.63) is 64.0 Å². The molecule has 27 heavy (non-hydrogen) atoms. The Bertz CT molecular complexity index is 957. The smallest absolute Gasteiger partial charge is 0.255 e. The normalized spacial score (nSPS) is 18.1. The highest BCUT2D eigenvalue weighted by molar-refractivity contribution is 7.09. The van der Waals surface area contributed by atoms with Crippen LogP contribution in [0.25, 0.3) is 10.9 Å². The number of hydrogen-bond acceptors (Lipinski definition) is 3. The summed E-state index contributed by atoms with van der Waals surface area (Å²) in [4.78, 5) is 23.2. The highest BCUT2D eigenvalue weighted by Gasteiger charge is 2.29. The average molecular weight is 379 g/mol. The van der Waals surface area contributed by atoms with Gasteiger partial charge in [0.2, 0.25) is 0 Å². The number of quaternary nitrogens is 1. The standard InChI is InChI=1S/C22H23N3OS/c26-22(25-11-9-24(10-12-25)15-17-4-3-13-27-17)19-14-21(16-7-8-16)23-20-6-2-1-5-18(19)20/h1-6,13-14,16H,7-12,15H2/p+1. The number of nitrogens with one attached hydrogen (secondary N) is 1. The van der Waals surface area contributed by atoms with Gasteiger partial charge in [0.1, 0.15) is 6.54 Å². The van der Waals surface area contributed by atoms with Gasteiger partial charge in [-0.15, -0.1) is 11.3 Å². The van der Waals surface area contributed by atoms with Crippen molar-refractivity contribution in [2.45, 2.75) is 25.3 Å². The fraction of sp³-hybridized carbons (Fsp3) is 0.364. The van der Waals surface area contributed by atoms with E-state index in [2.05, 4.69) is 23.6 Å². The van der Waals surface area contributed by atoms with Crippen molar-refractivity contribution in [1.29, 1.82) is 0 Å². The fourth-order valence-corrected chi connectivity index (χ4v) is 4.77. The number of piperazine rings is 1. The van der Waals surface area contributed by atoms with Crippen LogP contribution in [0.2, 0.25) is 0 Å². The Balaban J connectivity index is 1.35. The van der Waals surface area contributed by atoms with Gasteiger partial charge in [0, 0.05) is 17.0 Å². The molecule has 0 unspecified atom stereocenters. The van der Waals surface area contributed by atoms with Crippen LogP contribution < -0.4 is 4.90 Å². The third kappa shape index (κ3) is 3.49. The molecule has 0 radical (unpaired) electrons. The predicted octanol–water partition coefficient (Wildman–Crippen LogP) is 2.71. The molecule has 0 spiro atoms. The lowest BCUT2D eigenvalue weighted by Crippen LogP contribution is -3.13. The molecule has 1 saturated heterocycles. The quantitative estimate of drug-likeness (QED) is 0.758. The summed E-state index contributed by atoms with van der Waals surface area (Å²) in [5.74, 6) is 0.721. The summed E-state index contributed by atoms with van der Waals surface area (Å²) in [7, 11) is 0. The molecule has 3 heterocycles. The first kappa shape index (κ1) is 16.9. The molecule has 1 aromatic carbocycles. The lowest BCUT2D eigenvalue weighted by molar-refractivity contribution is -0.917. The second-order valence-corrected chi connectivity index (χ2v) is 8.72. The Hall–Kier alpha value is -2.24. The van der Waals surface area contributed by atoms with E-state index in [1.54, 1.807) is 4.90 Å². The number of thiophene rings is 1. The molecule has 2 aliphatic rings. The molecule has 3 aromatic rings. The largest absolute Gasteiger partial charge is 0.328 e. The average Bonchev–Trinajstić information content (AvgIpc) is 3.44. The maximum atomic E-state index is 13.3. The van der Waals surface area contributed by atoms with Crippen molar-refractivity contribution in [2.24, 2.45) is 0 Å². The van der Waals surface area contributed by atoms with E-state index in [1.807, 2.05) is 40.5 Å². The van der Waals surface area contributed by atoms with Crippen molar-refractivity contribution in [3.63, 3.8) is 0 Å². The van der Waals surface area contributed by atoms with Gasteiger partial charge in [-0.25, -0.2) is 0 Å². The van der Waals surface area contributed by atoms with E-state index in [-0.39, 0.29) is 5.91 Å². The van der Waals surface area contributed by atoms with Crippen molar-refractivity contribution in [1.82, 2.24) is 9.88 Å². The van der Waals surface area contributed by atoms with Crippen molar-refractivity contribution in [3.8, 4) is 0 Å². The zero-order valence-electron chi connectivity index (χ0n) is 15.4. The van der Waals surface area contributed by atoms with E-state index in [0.717, 1.165) is 54.9 Å². The van der Waals surface area contributed by atoms with E-state index in [4.69, 9.17) is 4.98 Å². The van der Waals surface area contributed by atoms with Crippen LogP contribution in [0.1, 0.15) is 39.7 Å². The zero-order valence-corrected chi connectivity index (χ0v) is 16.2. The molecule has 1 amide bonds. The number of nitrogens with zero attached hydrogens (tertiary/aromatic N) is 2. The van der Waals surface area contributed by atoms with Crippen LogP contribution in [0.3, 0.4) is 0 Å². The Morgan fingerprint density at radius 1 is 1.15 bits per heavy atom. The topological polar surface area (TPSA) is 37.6 Å². The number of carbonyl (C=O) groups is 1. The summed E-state index contributed by atoms with van der Waals surface area (Å²) in [6.07, 6.45) is 2.40. The summed E-state index contributed by atoms with van der Waals surface area (Å²) in [6.45, 7) is 4.76. The monoisotopic (exact) mass is 378 g/mol. The third-order valence-electron chi connectivity index (χ3n) is 5.72. The van der Waals surface area contributed by atoms with Crippen LogP contribution in [0.5, 0.6) is 0 Å². The van der Waals surface area contributed by atoms with Gasteiger partial charge in [0.25, 0.3) is 5.91 Å². The number of fused-ring (bicyclic) bond motifs is 1. The maximum Gasteiger partial charge on any atom is 0.255 e. The lowest BCUT2D eigenvalue weighted by atomic mass is 10.0. The molecule has 1 aliphatic heterocycles. The van der Waals surface area contributed by atoms with Gasteiger partial charge in [-0.2, -0.15) is 0 Å². The Kier molecular flexibility index (Phi) is 4.42. The van der Waals surface area contributed by atoms with Gasteiger partial charge >= 0.3 is 0 Å². The van der Waals surface area contributed by atoms with E-state index in [1.165, 1.54) is 17.7 Å². The Labute approximate surface area is 163 Å². The number of para-hydroxylation sites is 1. The summed E-state index contributed by atoms with van der Waals surface area (Å²) in [6, 6.07) is 14.5. The molecule has 2 fully saturated rings. The molecule has 1 saturated carbocycles.